The molecule has 1 unspecified atom stereocenters. The van der Waals surface area contributed by atoms with E-state index in [-0.39, 0.29) is 17.4 Å². The number of benzene rings is 1. The van der Waals surface area contributed by atoms with Crippen molar-refractivity contribution in [2.45, 2.75) is 25.2 Å². The number of nitrogens with zero attached hydrogens (tertiary/aromatic N) is 1. The third-order valence-electron chi connectivity index (χ3n) is 3.67. The Morgan fingerprint density at radius 2 is 2.32 bits per heavy atom. The summed E-state index contributed by atoms with van der Waals surface area (Å²) in [5, 5.41) is 15.7. The van der Waals surface area contributed by atoms with Crippen LogP contribution >= 0.6 is 0 Å². The molecule has 19 heavy (non-hydrogen) atoms. The summed E-state index contributed by atoms with van der Waals surface area (Å²) in [7, 11) is 0. The van der Waals surface area contributed by atoms with Gasteiger partial charge in [0, 0.05) is 11.3 Å². The lowest BCUT2D eigenvalue weighted by Crippen LogP contribution is -2.14. The van der Waals surface area contributed by atoms with E-state index in [1.807, 2.05) is 6.07 Å². The van der Waals surface area contributed by atoms with Crippen LogP contribution in [0.25, 0.3) is 0 Å². The minimum Gasteiger partial charge on any atom is -0.476 e. The number of H-pyrrole nitrogens is 1. The van der Waals surface area contributed by atoms with E-state index < -0.39 is 5.97 Å². The fourth-order valence-corrected chi connectivity index (χ4v) is 2.72. The number of halogens is 1. The van der Waals surface area contributed by atoms with Crippen LogP contribution in [-0.4, -0.2) is 21.3 Å². The molecule has 0 fully saturated rings. The minimum absolute atomic E-state index is 0.0936. The third-order valence-corrected chi connectivity index (χ3v) is 3.67. The van der Waals surface area contributed by atoms with Crippen LogP contribution in [0.5, 0.6) is 0 Å². The van der Waals surface area contributed by atoms with Crippen LogP contribution < -0.4 is 0 Å². The Morgan fingerprint density at radius 3 is 3.05 bits per heavy atom. The third kappa shape index (κ3) is 2.12. The molecule has 98 valence electrons. The molecule has 1 atom stereocenters. The number of carboxylic acid groups (broad SMARTS) is 1. The number of aryl methyl sites for hydroxylation is 1. The average molecular weight is 260 g/mol. The Balaban J connectivity index is 1.93. The topological polar surface area (TPSA) is 66.0 Å². The van der Waals surface area contributed by atoms with Crippen molar-refractivity contribution in [2.75, 3.05) is 0 Å². The number of nitrogens with one attached hydrogen (secondary N) is 1. The minimum atomic E-state index is -1.02. The van der Waals surface area contributed by atoms with E-state index in [1.54, 1.807) is 6.07 Å². The summed E-state index contributed by atoms with van der Waals surface area (Å²) in [6.45, 7) is 0. The summed E-state index contributed by atoms with van der Waals surface area (Å²) in [6, 6.07) is 6.52. The average Bonchev–Trinajstić information content (AvgIpc) is 2.81. The van der Waals surface area contributed by atoms with Crippen molar-refractivity contribution in [3.8, 4) is 0 Å². The van der Waals surface area contributed by atoms with Crippen LogP contribution in [0.15, 0.2) is 24.3 Å². The number of fused-ring (bicyclic) bond motifs is 1. The maximum atomic E-state index is 13.3. The number of aromatic amines is 1. The lowest BCUT2D eigenvalue weighted by Gasteiger charge is -2.22. The molecule has 0 aliphatic heterocycles. The maximum absolute atomic E-state index is 13.3. The molecule has 0 saturated heterocycles. The first kappa shape index (κ1) is 11.9. The van der Waals surface area contributed by atoms with Gasteiger partial charge in [-0.2, -0.15) is 5.10 Å². The summed E-state index contributed by atoms with van der Waals surface area (Å²) in [5.74, 6) is -1.12. The molecule has 3 rings (SSSR count). The van der Waals surface area contributed by atoms with Gasteiger partial charge < -0.3 is 5.11 Å². The van der Waals surface area contributed by atoms with E-state index in [0.29, 0.717) is 6.42 Å². The van der Waals surface area contributed by atoms with E-state index in [0.717, 1.165) is 29.7 Å². The van der Waals surface area contributed by atoms with Crippen molar-refractivity contribution in [3.05, 3.63) is 52.6 Å². The number of rotatable bonds is 2. The highest BCUT2D eigenvalue weighted by atomic mass is 19.1. The van der Waals surface area contributed by atoms with Gasteiger partial charge in [-0.25, -0.2) is 9.18 Å². The summed E-state index contributed by atoms with van der Waals surface area (Å²) in [4.78, 5) is 11.1. The molecule has 4 nitrogen and oxygen atoms in total. The molecule has 1 heterocycles. The van der Waals surface area contributed by atoms with E-state index in [1.165, 1.54) is 12.1 Å². The molecule has 0 bridgehead atoms. The maximum Gasteiger partial charge on any atom is 0.356 e. The van der Waals surface area contributed by atoms with Gasteiger partial charge in [0.2, 0.25) is 0 Å². The zero-order valence-electron chi connectivity index (χ0n) is 10.2. The second-order valence-corrected chi connectivity index (χ2v) is 4.83. The quantitative estimate of drug-likeness (QED) is 0.872. The molecule has 1 aliphatic rings. The highest BCUT2D eigenvalue weighted by Gasteiger charge is 2.27. The van der Waals surface area contributed by atoms with Crippen LogP contribution in [-0.2, 0) is 12.8 Å². The highest BCUT2D eigenvalue weighted by Crippen LogP contribution is 2.33. The van der Waals surface area contributed by atoms with E-state index >= 15 is 0 Å². The van der Waals surface area contributed by atoms with Gasteiger partial charge >= 0.3 is 5.97 Å². The lowest BCUT2D eigenvalue weighted by molar-refractivity contribution is 0.0689. The molecule has 2 N–H and O–H groups in total. The number of hydrogen-bond donors (Lipinski definition) is 2. The summed E-state index contributed by atoms with van der Waals surface area (Å²) in [5.41, 5.74) is 2.66. The molecule has 2 aromatic rings. The first-order chi connectivity index (χ1) is 9.15. The molecule has 1 aromatic carbocycles. The van der Waals surface area contributed by atoms with Crippen molar-refractivity contribution in [1.29, 1.82) is 0 Å². The number of carboxylic acids is 1. The predicted molar refractivity (Wildman–Crippen MR) is 66.7 cm³/mol. The first-order valence-corrected chi connectivity index (χ1v) is 6.20. The van der Waals surface area contributed by atoms with Gasteiger partial charge in [-0.05, 0) is 42.9 Å². The molecule has 0 amide bonds. The summed E-state index contributed by atoms with van der Waals surface area (Å²) in [6.07, 6.45) is 2.21. The standard InChI is InChI=1S/C14H13FN2O2/c15-10-3-1-2-8(6-10)9-4-5-12-11(7-9)13(14(18)19)17-16-12/h1-3,6,9H,4-5,7H2,(H,16,17)(H,18,19). The van der Waals surface area contributed by atoms with Crippen LogP contribution in [0.4, 0.5) is 4.39 Å². The van der Waals surface area contributed by atoms with E-state index in [4.69, 9.17) is 5.11 Å². The molecular weight excluding hydrogens is 247 g/mol. The zero-order chi connectivity index (χ0) is 13.4. The second kappa shape index (κ2) is 4.50. The van der Waals surface area contributed by atoms with Crippen molar-refractivity contribution in [3.63, 3.8) is 0 Å². The van der Waals surface area contributed by atoms with Gasteiger partial charge in [0.25, 0.3) is 0 Å². The molecular formula is C14H13FN2O2. The molecule has 1 aromatic heterocycles. The Kier molecular flexibility index (Phi) is 2.81. The summed E-state index contributed by atoms with van der Waals surface area (Å²) >= 11 is 0. The molecule has 0 spiro atoms. The second-order valence-electron chi connectivity index (χ2n) is 4.83. The Morgan fingerprint density at radius 1 is 1.47 bits per heavy atom. The molecule has 0 saturated carbocycles. The zero-order valence-corrected chi connectivity index (χ0v) is 10.2. The molecule has 5 heteroatoms. The van der Waals surface area contributed by atoms with E-state index in [9.17, 15) is 9.18 Å². The van der Waals surface area contributed by atoms with Crippen LogP contribution in [0, 0.1) is 5.82 Å². The predicted octanol–water partition coefficient (Wildman–Crippen LogP) is 2.52. The van der Waals surface area contributed by atoms with Gasteiger partial charge in [-0.3, -0.25) is 5.10 Å². The fourth-order valence-electron chi connectivity index (χ4n) is 2.72. The normalized spacial score (nSPS) is 18.1. The smallest absolute Gasteiger partial charge is 0.356 e. The number of aromatic carboxylic acids is 1. The first-order valence-electron chi connectivity index (χ1n) is 6.20. The molecule has 1 aliphatic carbocycles. The van der Waals surface area contributed by atoms with Crippen molar-refractivity contribution < 1.29 is 14.3 Å². The Bertz CT molecular complexity index is 636. The van der Waals surface area contributed by atoms with Gasteiger partial charge in [0.15, 0.2) is 5.69 Å². The van der Waals surface area contributed by atoms with Crippen molar-refractivity contribution in [1.82, 2.24) is 10.2 Å². The SMILES string of the molecule is O=C(O)c1n[nH]c2c1CC(c1cccc(F)c1)CC2. The Labute approximate surface area is 109 Å². The fraction of sp³-hybridized carbons (Fsp3) is 0.286. The lowest BCUT2D eigenvalue weighted by atomic mass is 9.82. The largest absolute Gasteiger partial charge is 0.476 e. The number of aromatic nitrogens is 2. The van der Waals surface area contributed by atoms with Gasteiger partial charge in [-0.15, -0.1) is 0 Å². The van der Waals surface area contributed by atoms with E-state index in [2.05, 4.69) is 10.2 Å². The molecule has 0 radical (unpaired) electrons. The van der Waals surface area contributed by atoms with Crippen LogP contribution in [0.2, 0.25) is 0 Å². The number of hydrogen-bond acceptors (Lipinski definition) is 2. The van der Waals surface area contributed by atoms with Crippen molar-refractivity contribution in [2.24, 2.45) is 0 Å². The monoisotopic (exact) mass is 260 g/mol. The highest BCUT2D eigenvalue weighted by molar-refractivity contribution is 5.87. The van der Waals surface area contributed by atoms with Gasteiger partial charge in [-0.1, -0.05) is 12.1 Å². The Hall–Kier alpha value is -2.17. The van der Waals surface area contributed by atoms with Crippen LogP contribution in [0.1, 0.15) is 39.6 Å². The number of carbonyl (C=O) groups is 1. The van der Waals surface area contributed by atoms with Gasteiger partial charge in [0.05, 0.1) is 0 Å². The van der Waals surface area contributed by atoms with Crippen molar-refractivity contribution >= 4 is 5.97 Å². The van der Waals surface area contributed by atoms with Gasteiger partial charge in [0.1, 0.15) is 5.82 Å². The van der Waals surface area contributed by atoms with Crippen LogP contribution in [0.3, 0.4) is 0 Å². The summed E-state index contributed by atoms with van der Waals surface area (Å²) < 4.78 is 13.3.